The Morgan fingerprint density at radius 3 is 2.33 bits per heavy atom. The Labute approximate surface area is 134 Å². The first-order valence-corrected chi connectivity index (χ1v) is 7.03. The molecule has 114 valence electrons. The van der Waals surface area contributed by atoms with Gasteiger partial charge in [0, 0.05) is 11.6 Å². The Balaban J connectivity index is 2.92. The van der Waals surface area contributed by atoms with Crippen molar-refractivity contribution >= 4 is 41.2 Å². The summed E-state index contributed by atoms with van der Waals surface area (Å²) < 4.78 is 0. The summed E-state index contributed by atoms with van der Waals surface area (Å²) in [6.45, 7) is 4.98. The molecule has 0 atom stereocenters. The van der Waals surface area contributed by atoms with Gasteiger partial charge in [0.2, 0.25) is 5.91 Å². The number of rotatable bonds is 4. The van der Waals surface area contributed by atoms with E-state index < -0.39 is 11.5 Å². The molecule has 1 N–H and O–H groups in total. The molecular formula is C15H17Cl2NO3. The Morgan fingerprint density at radius 1 is 1.24 bits per heavy atom. The number of carboxylic acids is 1. The van der Waals surface area contributed by atoms with E-state index in [0.29, 0.717) is 15.6 Å². The molecule has 0 aliphatic heterocycles. The molecule has 1 rings (SSSR count). The summed E-state index contributed by atoms with van der Waals surface area (Å²) in [5, 5.41) is 9.72. The molecule has 0 heterocycles. The number of hydrogen-bond acceptors (Lipinski definition) is 2. The molecule has 0 saturated heterocycles. The van der Waals surface area contributed by atoms with Gasteiger partial charge >= 0.3 is 5.97 Å². The maximum Gasteiger partial charge on any atom is 0.323 e. The first-order valence-electron chi connectivity index (χ1n) is 6.28. The van der Waals surface area contributed by atoms with Crippen molar-refractivity contribution in [1.82, 2.24) is 4.90 Å². The monoisotopic (exact) mass is 329 g/mol. The fourth-order valence-corrected chi connectivity index (χ4v) is 1.96. The topological polar surface area (TPSA) is 57.6 Å². The summed E-state index contributed by atoms with van der Waals surface area (Å²) >= 11 is 11.7. The molecule has 4 nitrogen and oxygen atoms in total. The van der Waals surface area contributed by atoms with Gasteiger partial charge in [0.05, 0.1) is 10.0 Å². The maximum atomic E-state index is 12.2. The predicted octanol–water partition coefficient (Wildman–Crippen LogP) is 3.72. The third-order valence-electron chi connectivity index (χ3n) is 2.73. The highest BCUT2D eigenvalue weighted by Gasteiger charge is 2.26. The lowest BCUT2D eigenvalue weighted by Gasteiger charge is -2.33. The van der Waals surface area contributed by atoms with Gasteiger partial charge in [0.1, 0.15) is 6.54 Å². The van der Waals surface area contributed by atoms with Crippen LogP contribution in [-0.2, 0) is 9.59 Å². The van der Waals surface area contributed by atoms with Crippen LogP contribution in [0.15, 0.2) is 24.3 Å². The normalized spacial score (nSPS) is 11.7. The van der Waals surface area contributed by atoms with Crippen molar-refractivity contribution in [3.8, 4) is 0 Å². The fraction of sp³-hybridized carbons (Fsp3) is 0.333. The van der Waals surface area contributed by atoms with E-state index in [1.165, 1.54) is 11.0 Å². The standard InChI is InChI=1S/C15H17Cl2NO3/c1-15(2,3)18(9-14(20)21)13(19)7-5-10-4-6-11(16)12(17)8-10/h4-8H,9H2,1-3H3,(H,20,21). The Morgan fingerprint density at radius 2 is 1.86 bits per heavy atom. The number of carbonyl (C=O) groups is 2. The second-order valence-electron chi connectivity index (χ2n) is 5.50. The molecule has 0 saturated carbocycles. The molecule has 0 unspecified atom stereocenters. The molecule has 0 bridgehead atoms. The zero-order chi connectivity index (χ0) is 16.2. The van der Waals surface area contributed by atoms with Crippen molar-refractivity contribution in [1.29, 1.82) is 0 Å². The summed E-state index contributed by atoms with van der Waals surface area (Å²) in [6.07, 6.45) is 2.90. The number of benzene rings is 1. The Hall–Kier alpha value is -1.52. The molecule has 0 aliphatic rings. The zero-order valence-electron chi connectivity index (χ0n) is 12.1. The van der Waals surface area contributed by atoms with Gasteiger partial charge in [0.25, 0.3) is 0 Å². The lowest BCUT2D eigenvalue weighted by Crippen LogP contribution is -2.47. The minimum Gasteiger partial charge on any atom is -0.480 e. The predicted molar refractivity (Wildman–Crippen MR) is 84.6 cm³/mol. The SMILES string of the molecule is CC(C)(C)N(CC(=O)O)C(=O)C=Cc1ccc(Cl)c(Cl)c1. The van der Waals surface area contributed by atoms with E-state index in [1.807, 2.05) is 0 Å². The fourth-order valence-electron chi connectivity index (χ4n) is 1.65. The van der Waals surface area contributed by atoms with E-state index in [0.717, 1.165) is 0 Å². The number of hydrogen-bond donors (Lipinski definition) is 1. The van der Waals surface area contributed by atoms with Crippen molar-refractivity contribution in [2.75, 3.05) is 6.54 Å². The van der Waals surface area contributed by atoms with Crippen LogP contribution in [0.3, 0.4) is 0 Å². The van der Waals surface area contributed by atoms with Gasteiger partial charge in [-0.3, -0.25) is 9.59 Å². The summed E-state index contributed by atoms with van der Waals surface area (Å²) in [6, 6.07) is 4.98. The lowest BCUT2D eigenvalue weighted by atomic mass is 10.1. The van der Waals surface area contributed by atoms with E-state index in [9.17, 15) is 9.59 Å². The van der Waals surface area contributed by atoms with Gasteiger partial charge in [-0.1, -0.05) is 29.3 Å². The number of carbonyl (C=O) groups excluding carboxylic acids is 1. The number of nitrogens with zero attached hydrogens (tertiary/aromatic N) is 1. The average Bonchev–Trinajstić information content (AvgIpc) is 2.35. The lowest BCUT2D eigenvalue weighted by molar-refractivity contribution is -0.145. The van der Waals surface area contributed by atoms with E-state index in [1.54, 1.807) is 45.0 Å². The van der Waals surface area contributed by atoms with E-state index in [-0.39, 0.29) is 12.5 Å². The van der Waals surface area contributed by atoms with Gasteiger partial charge in [0.15, 0.2) is 0 Å². The highest BCUT2D eigenvalue weighted by Crippen LogP contribution is 2.23. The van der Waals surface area contributed by atoms with Gasteiger partial charge in [-0.15, -0.1) is 0 Å². The molecule has 1 aromatic rings. The van der Waals surface area contributed by atoms with Crippen LogP contribution in [0.2, 0.25) is 10.0 Å². The summed E-state index contributed by atoms with van der Waals surface area (Å²) in [7, 11) is 0. The average molecular weight is 330 g/mol. The van der Waals surface area contributed by atoms with Crippen LogP contribution in [0.4, 0.5) is 0 Å². The molecule has 1 aromatic carbocycles. The van der Waals surface area contributed by atoms with Crippen molar-refractivity contribution in [3.63, 3.8) is 0 Å². The van der Waals surface area contributed by atoms with Crippen LogP contribution >= 0.6 is 23.2 Å². The molecule has 0 aromatic heterocycles. The third-order valence-corrected chi connectivity index (χ3v) is 3.47. The van der Waals surface area contributed by atoms with Gasteiger partial charge < -0.3 is 10.0 Å². The van der Waals surface area contributed by atoms with Crippen molar-refractivity contribution in [2.24, 2.45) is 0 Å². The van der Waals surface area contributed by atoms with Crippen LogP contribution in [-0.4, -0.2) is 34.0 Å². The molecular weight excluding hydrogens is 313 g/mol. The molecule has 0 aliphatic carbocycles. The van der Waals surface area contributed by atoms with Gasteiger partial charge in [-0.2, -0.15) is 0 Å². The second kappa shape index (κ2) is 6.96. The molecule has 21 heavy (non-hydrogen) atoms. The van der Waals surface area contributed by atoms with Crippen molar-refractivity contribution in [2.45, 2.75) is 26.3 Å². The number of amides is 1. The molecule has 0 spiro atoms. The zero-order valence-corrected chi connectivity index (χ0v) is 13.6. The van der Waals surface area contributed by atoms with Crippen LogP contribution in [0.1, 0.15) is 26.3 Å². The quantitative estimate of drug-likeness (QED) is 0.856. The van der Waals surface area contributed by atoms with E-state index in [4.69, 9.17) is 28.3 Å². The van der Waals surface area contributed by atoms with E-state index >= 15 is 0 Å². The number of carboxylic acid groups (broad SMARTS) is 1. The molecule has 1 amide bonds. The van der Waals surface area contributed by atoms with Gasteiger partial charge in [-0.05, 0) is 44.5 Å². The Kier molecular flexibility index (Phi) is 5.81. The van der Waals surface area contributed by atoms with Crippen LogP contribution in [0, 0.1) is 0 Å². The van der Waals surface area contributed by atoms with Crippen LogP contribution < -0.4 is 0 Å². The largest absolute Gasteiger partial charge is 0.480 e. The summed E-state index contributed by atoms with van der Waals surface area (Å²) in [5.74, 6) is -1.43. The highest BCUT2D eigenvalue weighted by atomic mass is 35.5. The second-order valence-corrected chi connectivity index (χ2v) is 6.31. The third kappa shape index (κ3) is 5.40. The van der Waals surface area contributed by atoms with E-state index in [2.05, 4.69) is 0 Å². The van der Waals surface area contributed by atoms with Crippen LogP contribution in [0.25, 0.3) is 6.08 Å². The summed E-state index contributed by atoms with van der Waals surface area (Å²) in [5.41, 5.74) is 0.124. The first kappa shape index (κ1) is 17.5. The Bertz CT molecular complexity index is 577. The first-order chi connectivity index (χ1) is 9.61. The minimum absolute atomic E-state index is 0.353. The number of halogens is 2. The molecule has 0 radical (unpaired) electrons. The van der Waals surface area contributed by atoms with Crippen molar-refractivity contribution < 1.29 is 14.7 Å². The summed E-state index contributed by atoms with van der Waals surface area (Å²) in [4.78, 5) is 24.3. The number of aliphatic carboxylic acids is 1. The smallest absolute Gasteiger partial charge is 0.323 e. The van der Waals surface area contributed by atoms with Gasteiger partial charge in [-0.25, -0.2) is 0 Å². The molecule has 6 heteroatoms. The van der Waals surface area contributed by atoms with Crippen molar-refractivity contribution in [3.05, 3.63) is 39.9 Å². The highest BCUT2D eigenvalue weighted by molar-refractivity contribution is 6.42. The minimum atomic E-state index is -1.05. The van der Waals surface area contributed by atoms with Crippen LogP contribution in [0.5, 0.6) is 0 Å². The molecule has 0 fully saturated rings. The maximum absolute atomic E-state index is 12.2.